The van der Waals surface area contributed by atoms with Gasteiger partial charge in [0.2, 0.25) is 5.91 Å². The molecule has 1 aromatic carbocycles. The molecule has 1 unspecified atom stereocenters. The van der Waals surface area contributed by atoms with Crippen LogP contribution in [0.25, 0.3) is 0 Å². The van der Waals surface area contributed by atoms with Crippen molar-refractivity contribution in [3.8, 4) is 5.75 Å². The monoisotopic (exact) mass is 434 g/mol. The summed E-state index contributed by atoms with van der Waals surface area (Å²) in [5.41, 5.74) is 0.684. The molecule has 1 amide bonds. The molecule has 1 aliphatic carbocycles. The molecule has 2 heterocycles. The first-order valence-electron chi connectivity index (χ1n) is 10.1. The molecular weight excluding hydrogens is 408 g/mol. The highest BCUT2D eigenvalue weighted by molar-refractivity contribution is 7.91. The second-order valence-electron chi connectivity index (χ2n) is 7.68. The first kappa shape index (κ1) is 20.4. The van der Waals surface area contributed by atoms with Gasteiger partial charge in [-0.1, -0.05) is 12.1 Å². The number of hydrogen-bond acceptors (Lipinski definition) is 5. The lowest BCUT2D eigenvalue weighted by Gasteiger charge is -2.30. The van der Waals surface area contributed by atoms with Crippen molar-refractivity contribution >= 4 is 33.0 Å². The second-order valence-corrected chi connectivity index (χ2v) is 10.8. The zero-order chi connectivity index (χ0) is 20.3. The molecule has 8 heteroatoms. The van der Waals surface area contributed by atoms with E-state index in [-0.39, 0.29) is 24.5 Å². The van der Waals surface area contributed by atoms with Crippen LogP contribution in [0.2, 0.25) is 0 Å². The maximum atomic E-state index is 12.8. The van der Waals surface area contributed by atoms with Crippen LogP contribution in [0.15, 0.2) is 46.0 Å². The number of anilines is 1. The number of piperidine rings is 1. The lowest BCUT2D eigenvalue weighted by atomic mass is 9.98. The average Bonchev–Trinajstić information content (AvgIpc) is 3.43. The van der Waals surface area contributed by atoms with Gasteiger partial charge >= 0.3 is 0 Å². The number of thiophene rings is 1. The fourth-order valence-corrected chi connectivity index (χ4v) is 6.67. The van der Waals surface area contributed by atoms with Gasteiger partial charge in [-0.2, -0.15) is 4.31 Å². The Morgan fingerprint density at radius 2 is 1.93 bits per heavy atom. The van der Waals surface area contributed by atoms with Crippen LogP contribution in [-0.2, 0) is 14.8 Å². The van der Waals surface area contributed by atoms with Crippen LogP contribution < -0.4 is 10.1 Å². The number of sulfonamides is 1. The minimum Gasteiger partial charge on any atom is -0.490 e. The molecule has 2 aliphatic rings. The Morgan fingerprint density at radius 1 is 1.10 bits per heavy atom. The van der Waals surface area contributed by atoms with E-state index in [1.807, 2.05) is 24.3 Å². The maximum absolute atomic E-state index is 12.8. The molecule has 1 aliphatic heterocycles. The molecule has 0 bridgehead atoms. The minimum atomic E-state index is -3.53. The van der Waals surface area contributed by atoms with Crippen LogP contribution >= 0.6 is 11.3 Å². The smallest absolute Gasteiger partial charge is 0.252 e. The number of carbonyl (C=O) groups is 1. The molecule has 0 radical (unpaired) electrons. The predicted octanol–water partition coefficient (Wildman–Crippen LogP) is 4.11. The van der Waals surface area contributed by atoms with Crippen molar-refractivity contribution in [2.24, 2.45) is 5.92 Å². The highest BCUT2D eigenvalue weighted by Crippen LogP contribution is 2.28. The molecule has 1 aromatic heterocycles. The first-order chi connectivity index (χ1) is 14.0. The van der Waals surface area contributed by atoms with Gasteiger partial charge in [-0.15, -0.1) is 11.3 Å². The summed E-state index contributed by atoms with van der Waals surface area (Å²) in [7, 11) is -3.53. The summed E-state index contributed by atoms with van der Waals surface area (Å²) in [6.45, 7) is 0.666. The number of rotatable bonds is 6. The number of nitrogens with zero attached hydrogens (tertiary/aromatic N) is 1. The lowest BCUT2D eigenvalue weighted by molar-refractivity contribution is -0.120. The standard InChI is InChI=1S/C21H26N2O4S2/c24-21(22-17-7-3-10-19(14-17)27-18-8-1-2-9-18)16-6-4-12-23(15-16)29(25,26)20-11-5-13-28-20/h3,5,7,10-11,13-14,16,18H,1-2,4,6,8-9,12,15H2,(H,22,24). The Kier molecular flexibility index (Phi) is 6.22. The van der Waals surface area contributed by atoms with Gasteiger partial charge in [-0.05, 0) is 62.1 Å². The summed E-state index contributed by atoms with van der Waals surface area (Å²) in [5.74, 6) is 0.257. The van der Waals surface area contributed by atoms with Crippen LogP contribution in [-0.4, -0.2) is 37.8 Å². The van der Waals surface area contributed by atoms with Crippen molar-refractivity contribution in [1.29, 1.82) is 0 Å². The highest BCUT2D eigenvalue weighted by Gasteiger charge is 2.33. The Balaban J connectivity index is 1.39. The third kappa shape index (κ3) is 4.82. The maximum Gasteiger partial charge on any atom is 0.252 e. The van der Waals surface area contributed by atoms with E-state index in [9.17, 15) is 13.2 Å². The molecule has 2 aromatic rings. The van der Waals surface area contributed by atoms with Gasteiger partial charge in [0.05, 0.1) is 12.0 Å². The molecule has 156 valence electrons. The van der Waals surface area contributed by atoms with E-state index < -0.39 is 10.0 Å². The molecule has 4 rings (SSSR count). The number of hydrogen-bond donors (Lipinski definition) is 1. The Hall–Kier alpha value is -1.90. The van der Waals surface area contributed by atoms with Crippen LogP contribution in [0, 0.1) is 5.92 Å². The van der Waals surface area contributed by atoms with E-state index in [0.29, 0.717) is 29.3 Å². The molecule has 1 saturated heterocycles. The number of carbonyl (C=O) groups excluding carboxylic acids is 1. The Morgan fingerprint density at radius 3 is 2.69 bits per heavy atom. The molecule has 29 heavy (non-hydrogen) atoms. The van der Waals surface area contributed by atoms with Gasteiger partial charge in [0, 0.05) is 24.8 Å². The van der Waals surface area contributed by atoms with Gasteiger partial charge in [0.15, 0.2) is 0 Å². The summed E-state index contributed by atoms with van der Waals surface area (Å²) in [4.78, 5) is 12.8. The zero-order valence-electron chi connectivity index (χ0n) is 16.2. The molecule has 2 fully saturated rings. The molecular formula is C21H26N2O4S2. The SMILES string of the molecule is O=C(Nc1cccc(OC2CCCC2)c1)C1CCCN(S(=O)(=O)c2cccs2)C1. The van der Waals surface area contributed by atoms with Crippen LogP contribution in [0.1, 0.15) is 38.5 Å². The number of nitrogens with one attached hydrogen (secondary N) is 1. The minimum absolute atomic E-state index is 0.144. The number of benzene rings is 1. The largest absolute Gasteiger partial charge is 0.490 e. The van der Waals surface area contributed by atoms with E-state index in [2.05, 4.69) is 5.32 Å². The van der Waals surface area contributed by atoms with E-state index in [0.717, 1.165) is 18.6 Å². The molecule has 6 nitrogen and oxygen atoms in total. The van der Waals surface area contributed by atoms with Crippen LogP contribution in [0.5, 0.6) is 5.75 Å². The van der Waals surface area contributed by atoms with E-state index in [1.54, 1.807) is 17.5 Å². The number of amides is 1. The first-order valence-corrected chi connectivity index (χ1v) is 12.5. The highest BCUT2D eigenvalue weighted by atomic mass is 32.2. The summed E-state index contributed by atoms with van der Waals surface area (Å²) in [6, 6.07) is 10.8. The lowest BCUT2D eigenvalue weighted by Crippen LogP contribution is -2.43. The van der Waals surface area contributed by atoms with Crippen molar-refractivity contribution in [2.45, 2.75) is 48.8 Å². The molecule has 1 atom stereocenters. The van der Waals surface area contributed by atoms with Crippen molar-refractivity contribution in [3.05, 3.63) is 41.8 Å². The van der Waals surface area contributed by atoms with Gasteiger partial charge in [0.25, 0.3) is 10.0 Å². The quantitative estimate of drug-likeness (QED) is 0.742. The Bertz CT molecular complexity index is 937. The van der Waals surface area contributed by atoms with Gasteiger partial charge < -0.3 is 10.1 Å². The van der Waals surface area contributed by atoms with Crippen molar-refractivity contribution < 1.29 is 17.9 Å². The summed E-state index contributed by atoms with van der Waals surface area (Å²) in [5, 5.41) is 4.70. The second kappa shape index (κ2) is 8.85. The van der Waals surface area contributed by atoms with Crippen molar-refractivity contribution in [2.75, 3.05) is 18.4 Å². The Labute approximate surface area is 175 Å². The fourth-order valence-electron chi connectivity index (χ4n) is 4.00. The van der Waals surface area contributed by atoms with Gasteiger partial charge in [-0.25, -0.2) is 8.42 Å². The predicted molar refractivity (Wildman–Crippen MR) is 114 cm³/mol. The summed E-state index contributed by atoms with van der Waals surface area (Å²) >= 11 is 1.21. The van der Waals surface area contributed by atoms with E-state index >= 15 is 0 Å². The van der Waals surface area contributed by atoms with Gasteiger partial charge in [0.1, 0.15) is 9.96 Å². The topological polar surface area (TPSA) is 75.7 Å². The number of ether oxygens (including phenoxy) is 1. The van der Waals surface area contributed by atoms with Gasteiger partial charge in [-0.3, -0.25) is 4.79 Å². The van der Waals surface area contributed by atoms with Crippen LogP contribution in [0.3, 0.4) is 0 Å². The zero-order valence-corrected chi connectivity index (χ0v) is 17.9. The van der Waals surface area contributed by atoms with E-state index in [4.69, 9.17) is 4.74 Å². The summed E-state index contributed by atoms with van der Waals surface area (Å²) in [6.07, 6.45) is 6.17. The molecule has 0 spiro atoms. The summed E-state index contributed by atoms with van der Waals surface area (Å²) < 4.78 is 33.3. The van der Waals surface area contributed by atoms with Crippen molar-refractivity contribution in [1.82, 2.24) is 4.31 Å². The van der Waals surface area contributed by atoms with Crippen molar-refractivity contribution in [3.63, 3.8) is 0 Å². The normalized spacial score (nSPS) is 21.2. The molecule has 1 N–H and O–H groups in total. The van der Waals surface area contributed by atoms with Crippen LogP contribution in [0.4, 0.5) is 5.69 Å². The molecule has 1 saturated carbocycles. The fraction of sp³-hybridized carbons (Fsp3) is 0.476. The van der Waals surface area contributed by atoms with E-state index in [1.165, 1.54) is 28.5 Å². The average molecular weight is 435 g/mol. The third-order valence-electron chi connectivity index (χ3n) is 5.55. The third-order valence-corrected chi connectivity index (χ3v) is 8.79.